The Balaban J connectivity index is 1.53. The highest BCUT2D eigenvalue weighted by molar-refractivity contribution is 5.79. The van der Waals surface area contributed by atoms with Crippen molar-refractivity contribution in [2.45, 2.75) is 26.4 Å². The summed E-state index contributed by atoms with van der Waals surface area (Å²) in [6.45, 7) is 6.93. The minimum atomic E-state index is -0.230. The summed E-state index contributed by atoms with van der Waals surface area (Å²) >= 11 is 0. The van der Waals surface area contributed by atoms with Gasteiger partial charge < -0.3 is 20.1 Å². The molecule has 6 nitrogen and oxygen atoms in total. The van der Waals surface area contributed by atoms with Crippen LogP contribution in [0.4, 0.5) is 4.39 Å². The van der Waals surface area contributed by atoms with Gasteiger partial charge in [-0.25, -0.2) is 9.38 Å². The maximum atomic E-state index is 13.0. The van der Waals surface area contributed by atoms with E-state index in [9.17, 15) is 4.39 Å². The summed E-state index contributed by atoms with van der Waals surface area (Å²) in [4.78, 5) is 7.02. The second-order valence-corrected chi connectivity index (χ2v) is 7.25. The molecule has 0 bridgehead atoms. The van der Waals surface area contributed by atoms with Crippen molar-refractivity contribution < 1.29 is 13.9 Å². The molecule has 0 aliphatic carbocycles. The van der Waals surface area contributed by atoms with Crippen LogP contribution in [-0.2, 0) is 19.5 Å². The first kappa shape index (κ1) is 21.9. The third-order valence-corrected chi connectivity index (χ3v) is 5.19. The molecule has 7 heteroatoms. The van der Waals surface area contributed by atoms with Crippen molar-refractivity contribution in [1.29, 1.82) is 0 Å². The highest BCUT2D eigenvalue weighted by Gasteiger charge is 2.19. The predicted molar refractivity (Wildman–Crippen MR) is 118 cm³/mol. The lowest BCUT2D eigenvalue weighted by atomic mass is 9.99. The Bertz CT molecular complexity index is 855. The van der Waals surface area contributed by atoms with Gasteiger partial charge in [-0.1, -0.05) is 12.1 Å². The molecular weight excluding hydrogens is 383 g/mol. The SMILES string of the molecule is CCNC(=NCc1ccc(F)cc1)NCCN1CCc2cc(OC)c(OC)cc2C1. The first-order chi connectivity index (χ1) is 14.6. The van der Waals surface area contributed by atoms with Crippen LogP contribution in [0.1, 0.15) is 23.6 Å². The molecule has 0 saturated heterocycles. The van der Waals surface area contributed by atoms with Crippen molar-refractivity contribution in [2.24, 2.45) is 4.99 Å². The van der Waals surface area contributed by atoms with Gasteiger partial charge in [0, 0.05) is 32.7 Å². The third-order valence-electron chi connectivity index (χ3n) is 5.19. The van der Waals surface area contributed by atoms with Crippen LogP contribution in [0.5, 0.6) is 11.5 Å². The fourth-order valence-corrected chi connectivity index (χ4v) is 3.57. The van der Waals surface area contributed by atoms with Crippen molar-refractivity contribution in [3.63, 3.8) is 0 Å². The predicted octanol–water partition coefficient (Wildman–Crippen LogP) is 2.96. The molecule has 0 atom stereocenters. The topological polar surface area (TPSA) is 58.1 Å². The minimum Gasteiger partial charge on any atom is -0.493 e. The number of nitrogens with one attached hydrogen (secondary N) is 2. The number of aliphatic imine (C=N–C) groups is 1. The fraction of sp³-hybridized carbons (Fsp3) is 0.435. The van der Waals surface area contributed by atoms with E-state index in [0.29, 0.717) is 6.54 Å². The quantitative estimate of drug-likeness (QED) is 0.514. The number of ether oxygens (including phenoxy) is 2. The summed E-state index contributed by atoms with van der Waals surface area (Å²) in [5.74, 6) is 2.11. The van der Waals surface area contributed by atoms with Crippen molar-refractivity contribution in [2.75, 3.05) is 40.4 Å². The Kier molecular flexibility index (Phi) is 7.90. The van der Waals surface area contributed by atoms with E-state index < -0.39 is 0 Å². The summed E-state index contributed by atoms with van der Waals surface area (Å²) in [6.07, 6.45) is 0.994. The molecule has 0 radical (unpaired) electrons. The summed E-state index contributed by atoms with van der Waals surface area (Å²) in [5.41, 5.74) is 3.59. The normalized spacial score (nSPS) is 14.2. The maximum absolute atomic E-state index is 13.0. The molecule has 1 aliphatic heterocycles. The molecule has 0 amide bonds. The van der Waals surface area contributed by atoms with E-state index in [-0.39, 0.29) is 5.82 Å². The van der Waals surface area contributed by atoms with Crippen molar-refractivity contribution in [3.05, 3.63) is 58.9 Å². The molecule has 2 aromatic carbocycles. The summed E-state index contributed by atoms with van der Waals surface area (Å²) in [5, 5.41) is 6.65. The van der Waals surface area contributed by atoms with Gasteiger partial charge in [0.25, 0.3) is 0 Å². The number of methoxy groups -OCH3 is 2. The van der Waals surface area contributed by atoms with Crippen LogP contribution in [-0.4, -0.2) is 51.3 Å². The number of hydrogen-bond acceptors (Lipinski definition) is 4. The monoisotopic (exact) mass is 414 g/mol. The van der Waals surface area contributed by atoms with Crippen LogP contribution in [0.25, 0.3) is 0 Å². The van der Waals surface area contributed by atoms with Gasteiger partial charge in [0.2, 0.25) is 0 Å². The maximum Gasteiger partial charge on any atom is 0.191 e. The van der Waals surface area contributed by atoms with Crippen molar-refractivity contribution >= 4 is 5.96 Å². The molecule has 0 spiro atoms. The van der Waals surface area contributed by atoms with Gasteiger partial charge in [-0.15, -0.1) is 0 Å². The molecule has 2 aromatic rings. The molecule has 0 fully saturated rings. The lowest BCUT2D eigenvalue weighted by Gasteiger charge is -2.29. The van der Waals surface area contributed by atoms with E-state index >= 15 is 0 Å². The Morgan fingerprint density at radius 1 is 1.07 bits per heavy atom. The van der Waals surface area contributed by atoms with Crippen LogP contribution in [0.15, 0.2) is 41.4 Å². The van der Waals surface area contributed by atoms with Crippen LogP contribution < -0.4 is 20.1 Å². The first-order valence-corrected chi connectivity index (χ1v) is 10.4. The van der Waals surface area contributed by atoms with Crippen LogP contribution in [0.2, 0.25) is 0 Å². The Morgan fingerprint density at radius 3 is 2.43 bits per heavy atom. The number of benzene rings is 2. The molecule has 1 heterocycles. The molecule has 0 aromatic heterocycles. The first-order valence-electron chi connectivity index (χ1n) is 10.4. The number of rotatable bonds is 8. The molecule has 162 valence electrons. The highest BCUT2D eigenvalue weighted by Crippen LogP contribution is 2.33. The Morgan fingerprint density at radius 2 is 1.77 bits per heavy atom. The largest absolute Gasteiger partial charge is 0.493 e. The number of hydrogen-bond donors (Lipinski definition) is 2. The molecule has 1 aliphatic rings. The molecule has 2 N–H and O–H groups in total. The van der Waals surface area contributed by atoms with Gasteiger partial charge in [-0.3, -0.25) is 4.90 Å². The van der Waals surface area contributed by atoms with Crippen molar-refractivity contribution in [1.82, 2.24) is 15.5 Å². The van der Waals surface area contributed by atoms with Gasteiger partial charge in [0.05, 0.1) is 20.8 Å². The van der Waals surface area contributed by atoms with Gasteiger partial charge in [-0.05, 0) is 54.3 Å². The molecule has 0 saturated carbocycles. The average Bonchev–Trinajstić information content (AvgIpc) is 2.77. The van der Waals surface area contributed by atoms with E-state index in [1.807, 2.05) is 6.92 Å². The average molecular weight is 415 g/mol. The molecule has 3 rings (SSSR count). The van der Waals surface area contributed by atoms with E-state index in [2.05, 4.69) is 32.7 Å². The Hall–Kier alpha value is -2.80. The van der Waals surface area contributed by atoms with Crippen LogP contribution >= 0.6 is 0 Å². The summed E-state index contributed by atoms with van der Waals surface area (Å²) in [7, 11) is 3.34. The van der Waals surface area contributed by atoms with Crippen LogP contribution in [0, 0.1) is 5.82 Å². The third kappa shape index (κ3) is 5.86. The van der Waals surface area contributed by atoms with Gasteiger partial charge in [-0.2, -0.15) is 0 Å². The zero-order valence-corrected chi connectivity index (χ0v) is 18.0. The fourth-order valence-electron chi connectivity index (χ4n) is 3.57. The number of nitrogens with zero attached hydrogens (tertiary/aromatic N) is 2. The minimum absolute atomic E-state index is 0.230. The number of halogens is 1. The lowest BCUT2D eigenvalue weighted by molar-refractivity contribution is 0.256. The Labute approximate surface area is 178 Å². The van der Waals surface area contributed by atoms with E-state index in [4.69, 9.17) is 9.47 Å². The van der Waals surface area contributed by atoms with Gasteiger partial charge >= 0.3 is 0 Å². The summed E-state index contributed by atoms with van der Waals surface area (Å²) in [6, 6.07) is 10.6. The number of fused-ring (bicyclic) bond motifs is 1. The standard InChI is InChI=1S/C23H31FN4O2/c1-4-25-23(27-15-17-5-7-20(24)8-6-17)26-10-12-28-11-9-18-13-21(29-2)22(30-3)14-19(18)16-28/h5-8,13-14H,4,9-12,15-16H2,1-3H3,(H2,25,26,27). The zero-order valence-electron chi connectivity index (χ0n) is 18.0. The van der Waals surface area contributed by atoms with Gasteiger partial charge in [0.15, 0.2) is 17.5 Å². The molecule has 30 heavy (non-hydrogen) atoms. The smallest absolute Gasteiger partial charge is 0.191 e. The summed E-state index contributed by atoms with van der Waals surface area (Å²) < 4.78 is 23.9. The van der Waals surface area contributed by atoms with E-state index in [1.165, 1.54) is 23.3 Å². The highest BCUT2D eigenvalue weighted by atomic mass is 19.1. The number of guanidine groups is 1. The molecule has 0 unspecified atom stereocenters. The second kappa shape index (κ2) is 10.8. The van der Waals surface area contributed by atoms with E-state index in [0.717, 1.165) is 62.2 Å². The molecular formula is C23H31FN4O2. The van der Waals surface area contributed by atoms with E-state index in [1.54, 1.807) is 26.4 Å². The lowest BCUT2D eigenvalue weighted by Crippen LogP contribution is -2.42. The second-order valence-electron chi connectivity index (χ2n) is 7.25. The van der Waals surface area contributed by atoms with Crippen molar-refractivity contribution in [3.8, 4) is 11.5 Å². The zero-order chi connectivity index (χ0) is 21.3. The van der Waals surface area contributed by atoms with Gasteiger partial charge in [0.1, 0.15) is 5.82 Å². The van der Waals surface area contributed by atoms with Crippen LogP contribution in [0.3, 0.4) is 0 Å².